The van der Waals surface area contributed by atoms with E-state index in [1.165, 1.54) is 6.07 Å². The largest absolute Gasteiger partial charge is 0.299 e. The van der Waals surface area contributed by atoms with Gasteiger partial charge in [0.2, 0.25) is 0 Å². The highest BCUT2D eigenvalue weighted by molar-refractivity contribution is 6.17. The van der Waals surface area contributed by atoms with E-state index in [1.807, 2.05) is 0 Å². The van der Waals surface area contributed by atoms with E-state index in [-0.39, 0.29) is 11.6 Å². The molecule has 0 aliphatic heterocycles. The summed E-state index contributed by atoms with van der Waals surface area (Å²) in [5.41, 5.74) is -2.41. The van der Waals surface area contributed by atoms with Gasteiger partial charge in [-0.2, -0.15) is 5.26 Å². The Bertz CT molecular complexity index is 473. The summed E-state index contributed by atoms with van der Waals surface area (Å²) >= 11 is 5.40. The lowest BCUT2D eigenvalue weighted by atomic mass is 10.1. The van der Waals surface area contributed by atoms with Crippen molar-refractivity contribution in [2.45, 2.75) is 12.3 Å². The second kappa shape index (κ2) is 4.81. The van der Waals surface area contributed by atoms with Crippen LogP contribution in [0.15, 0.2) is 6.20 Å². The lowest BCUT2D eigenvalue weighted by Crippen LogP contribution is -2.04. The molecule has 0 aromatic carbocycles. The highest BCUT2D eigenvalue weighted by Crippen LogP contribution is 2.32. The van der Waals surface area contributed by atoms with Crippen molar-refractivity contribution >= 4 is 17.3 Å². The Kier molecular flexibility index (Phi) is 3.68. The van der Waals surface area contributed by atoms with Crippen LogP contribution in [0.3, 0.4) is 0 Å². The molecule has 0 bridgehead atoms. The van der Waals surface area contributed by atoms with Crippen molar-refractivity contribution < 1.29 is 13.7 Å². The number of halogens is 3. The van der Waals surface area contributed by atoms with E-state index in [2.05, 4.69) is 4.98 Å². The third-order valence-corrected chi connectivity index (χ3v) is 2.07. The summed E-state index contributed by atoms with van der Waals surface area (Å²) in [6, 6.07) is 1.47. The molecule has 0 aliphatic rings. The van der Waals surface area contributed by atoms with Crippen LogP contribution in [0.25, 0.3) is 0 Å². The number of hydrogen-bond acceptors (Lipinski definition) is 4. The van der Waals surface area contributed by atoms with Gasteiger partial charge < -0.3 is 0 Å². The second-order valence-electron chi connectivity index (χ2n) is 2.69. The summed E-state index contributed by atoms with van der Waals surface area (Å²) in [5, 5.41) is 19.3. The third kappa shape index (κ3) is 2.06. The van der Waals surface area contributed by atoms with E-state index >= 15 is 0 Å². The van der Waals surface area contributed by atoms with Crippen molar-refractivity contribution in [2.24, 2.45) is 0 Å². The molecule has 0 unspecified atom stereocenters. The predicted molar refractivity (Wildman–Crippen MR) is 50.1 cm³/mol. The normalized spacial score (nSPS) is 10.2. The zero-order valence-electron chi connectivity index (χ0n) is 7.65. The molecule has 0 atom stereocenters. The Morgan fingerprint density at radius 3 is 2.69 bits per heavy atom. The Morgan fingerprint density at radius 2 is 2.31 bits per heavy atom. The molecule has 84 valence electrons. The Hall–Kier alpha value is -1.81. The smallest absolute Gasteiger partial charge is 0.258 e. The van der Waals surface area contributed by atoms with Gasteiger partial charge in [-0.25, -0.2) is 8.78 Å². The summed E-state index contributed by atoms with van der Waals surface area (Å²) < 4.78 is 24.9. The molecule has 16 heavy (non-hydrogen) atoms. The van der Waals surface area contributed by atoms with Crippen LogP contribution < -0.4 is 0 Å². The van der Waals surface area contributed by atoms with Crippen molar-refractivity contribution in [3.63, 3.8) is 0 Å². The van der Waals surface area contributed by atoms with E-state index < -0.39 is 28.2 Å². The van der Waals surface area contributed by atoms with Gasteiger partial charge in [0.25, 0.3) is 12.1 Å². The minimum absolute atomic E-state index is 0.0831. The monoisotopic (exact) mass is 247 g/mol. The maximum Gasteiger partial charge on any atom is 0.299 e. The Morgan fingerprint density at radius 1 is 1.69 bits per heavy atom. The highest BCUT2D eigenvalue weighted by Gasteiger charge is 2.28. The first-order valence-corrected chi connectivity index (χ1v) is 4.46. The average molecular weight is 248 g/mol. The Balaban J connectivity index is 3.59. The number of hydrogen-bond donors (Lipinski definition) is 0. The lowest BCUT2D eigenvalue weighted by molar-refractivity contribution is -0.386. The van der Waals surface area contributed by atoms with Gasteiger partial charge >= 0.3 is 0 Å². The van der Waals surface area contributed by atoms with Crippen LogP contribution in [0.5, 0.6) is 0 Å². The van der Waals surface area contributed by atoms with Gasteiger partial charge in [0.05, 0.1) is 16.5 Å². The van der Waals surface area contributed by atoms with E-state index in [4.69, 9.17) is 16.9 Å². The summed E-state index contributed by atoms with van der Waals surface area (Å²) in [4.78, 5) is 13.1. The van der Waals surface area contributed by atoms with Gasteiger partial charge in [0.15, 0.2) is 5.56 Å². The van der Waals surface area contributed by atoms with E-state index in [0.717, 1.165) is 0 Å². The average Bonchev–Trinajstić information content (AvgIpc) is 2.26. The number of nitrogens with zero attached hydrogens (tertiary/aromatic N) is 3. The summed E-state index contributed by atoms with van der Waals surface area (Å²) in [7, 11) is 0. The van der Waals surface area contributed by atoms with Gasteiger partial charge in [-0.3, -0.25) is 15.1 Å². The van der Waals surface area contributed by atoms with Crippen LogP contribution in [0.4, 0.5) is 14.5 Å². The molecule has 0 saturated heterocycles. The van der Waals surface area contributed by atoms with Gasteiger partial charge in [-0.1, -0.05) is 0 Å². The molecule has 1 heterocycles. The number of nitriles is 1. The van der Waals surface area contributed by atoms with E-state index in [9.17, 15) is 18.9 Å². The molecule has 1 rings (SSSR count). The van der Waals surface area contributed by atoms with Gasteiger partial charge in [-0.15, -0.1) is 11.6 Å². The predicted octanol–water partition coefficient (Wildman–Crippen LogP) is 2.54. The van der Waals surface area contributed by atoms with Crippen molar-refractivity contribution in [1.82, 2.24) is 4.98 Å². The number of pyridine rings is 1. The van der Waals surface area contributed by atoms with Crippen LogP contribution in [0.2, 0.25) is 0 Å². The van der Waals surface area contributed by atoms with E-state index in [1.54, 1.807) is 0 Å². The molecule has 0 aliphatic carbocycles. The maximum atomic E-state index is 12.5. The molecule has 5 nitrogen and oxygen atoms in total. The fourth-order valence-electron chi connectivity index (χ4n) is 1.13. The number of nitro groups is 1. The van der Waals surface area contributed by atoms with Crippen molar-refractivity contribution in [3.05, 3.63) is 33.1 Å². The molecule has 0 amide bonds. The Labute approximate surface area is 93.4 Å². The molecule has 1 aromatic rings. The molecule has 1 aromatic heterocycles. The zero-order chi connectivity index (χ0) is 12.3. The minimum Gasteiger partial charge on any atom is -0.258 e. The number of alkyl halides is 3. The highest BCUT2D eigenvalue weighted by atomic mass is 35.5. The lowest BCUT2D eigenvalue weighted by Gasteiger charge is -2.05. The molecular formula is C8H4ClF2N3O2. The van der Waals surface area contributed by atoms with Crippen molar-refractivity contribution in [3.8, 4) is 6.07 Å². The molecule has 8 heteroatoms. The standard InChI is InChI=1S/C8H4ClF2N3O2/c9-1-6-4(2-12)7(14(15)16)5(3-13-6)8(10)11/h3,8H,1H2. The molecular weight excluding hydrogens is 244 g/mol. The first-order valence-electron chi connectivity index (χ1n) is 3.93. The number of aromatic nitrogens is 1. The van der Waals surface area contributed by atoms with Crippen molar-refractivity contribution in [2.75, 3.05) is 0 Å². The topological polar surface area (TPSA) is 79.8 Å². The quantitative estimate of drug-likeness (QED) is 0.467. The van der Waals surface area contributed by atoms with Crippen molar-refractivity contribution in [1.29, 1.82) is 5.26 Å². The SMILES string of the molecule is N#Cc1c(CCl)ncc(C(F)F)c1[N+](=O)[O-]. The first kappa shape index (κ1) is 12.3. The van der Waals surface area contributed by atoms with Crippen LogP contribution >= 0.6 is 11.6 Å². The van der Waals surface area contributed by atoms with Gasteiger partial charge in [-0.05, 0) is 0 Å². The first-order chi connectivity index (χ1) is 7.52. The zero-order valence-corrected chi connectivity index (χ0v) is 8.41. The van der Waals surface area contributed by atoms with Gasteiger partial charge in [0, 0.05) is 6.20 Å². The fourth-order valence-corrected chi connectivity index (χ4v) is 1.33. The van der Waals surface area contributed by atoms with Gasteiger partial charge in [0.1, 0.15) is 11.6 Å². The van der Waals surface area contributed by atoms with E-state index in [0.29, 0.717) is 6.20 Å². The summed E-state index contributed by atoms with van der Waals surface area (Å²) in [5.74, 6) is -0.257. The summed E-state index contributed by atoms with van der Waals surface area (Å²) in [6.07, 6.45) is -2.40. The third-order valence-electron chi connectivity index (χ3n) is 1.81. The maximum absolute atomic E-state index is 12.5. The van der Waals surface area contributed by atoms with Crippen LogP contribution in [-0.2, 0) is 5.88 Å². The second-order valence-corrected chi connectivity index (χ2v) is 2.95. The van der Waals surface area contributed by atoms with Crippen LogP contribution in [0, 0.1) is 21.4 Å². The summed E-state index contributed by atoms with van der Waals surface area (Å²) in [6.45, 7) is 0. The van der Waals surface area contributed by atoms with Crippen LogP contribution in [-0.4, -0.2) is 9.91 Å². The molecule has 0 spiro atoms. The molecule has 0 N–H and O–H groups in total. The number of rotatable bonds is 3. The molecule has 0 fully saturated rings. The molecule has 0 saturated carbocycles. The fraction of sp³-hybridized carbons (Fsp3) is 0.250. The molecule has 0 radical (unpaired) electrons. The van der Waals surface area contributed by atoms with Crippen LogP contribution in [0.1, 0.15) is 23.2 Å². The minimum atomic E-state index is -3.07.